The van der Waals surface area contributed by atoms with Crippen LogP contribution in [-0.2, 0) is 4.79 Å². The molecule has 1 rings (SSSR count). The van der Waals surface area contributed by atoms with Crippen LogP contribution in [-0.4, -0.2) is 6.29 Å². The summed E-state index contributed by atoms with van der Waals surface area (Å²) in [5.74, 6) is 0. The number of allylic oxidation sites excluding steroid dienone is 2. The Hall–Kier alpha value is -0.590. The SMILES string of the molecule is CC1([C]=O)C=CC1. The second kappa shape index (κ2) is 1.19. The van der Waals surface area contributed by atoms with Crippen molar-refractivity contribution in [3.8, 4) is 0 Å². The third kappa shape index (κ3) is 0.581. The van der Waals surface area contributed by atoms with Gasteiger partial charge >= 0.3 is 0 Å². The highest BCUT2D eigenvalue weighted by Gasteiger charge is 2.25. The van der Waals surface area contributed by atoms with E-state index in [2.05, 4.69) is 0 Å². The van der Waals surface area contributed by atoms with Gasteiger partial charge in [-0.3, -0.25) is 4.79 Å². The molecule has 37 valence electrons. The highest BCUT2D eigenvalue weighted by molar-refractivity contribution is 5.65. The van der Waals surface area contributed by atoms with Crippen LogP contribution < -0.4 is 0 Å². The fourth-order valence-electron chi connectivity index (χ4n) is 0.547. The van der Waals surface area contributed by atoms with E-state index < -0.39 is 0 Å². The third-order valence-corrected chi connectivity index (χ3v) is 1.26. The molecule has 0 aromatic rings. The van der Waals surface area contributed by atoms with Gasteiger partial charge in [0.15, 0.2) is 0 Å². The standard InChI is InChI=1S/C6H7O/c1-6(5-7)3-2-4-6/h2-3H,4H2,1H3. The minimum atomic E-state index is -0.222. The van der Waals surface area contributed by atoms with Crippen molar-refractivity contribution in [2.45, 2.75) is 13.3 Å². The van der Waals surface area contributed by atoms with Crippen molar-refractivity contribution in [2.24, 2.45) is 5.41 Å². The van der Waals surface area contributed by atoms with E-state index in [1.54, 1.807) is 0 Å². The molecule has 0 aromatic carbocycles. The molecule has 0 heterocycles. The van der Waals surface area contributed by atoms with E-state index in [1.165, 1.54) is 0 Å². The molecular formula is C6H7O. The van der Waals surface area contributed by atoms with E-state index in [1.807, 2.05) is 25.4 Å². The minimum absolute atomic E-state index is 0.222. The lowest BCUT2D eigenvalue weighted by Crippen LogP contribution is -2.19. The molecule has 0 aromatic heterocycles. The van der Waals surface area contributed by atoms with Crippen LogP contribution in [0.3, 0.4) is 0 Å². The van der Waals surface area contributed by atoms with Gasteiger partial charge in [0.05, 0.1) is 5.41 Å². The van der Waals surface area contributed by atoms with Gasteiger partial charge in [0.25, 0.3) is 0 Å². The number of rotatable bonds is 1. The maximum Gasteiger partial charge on any atom is 0.209 e. The summed E-state index contributed by atoms with van der Waals surface area (Å²) in [5.41, 5.74) is -0.222. The zero-order chi connectivity index (χ0) is 5.33. The zero-order valence-electron chi connectivity index (χ0n) is 4.27. The molecule has 0 N–H and O–H groups in total. The molecule has 1 atom stereocenters. The van der Waals surface area contributed by atoms with Crippen molar-refractivity contribution in [3.05, 3.63) is 12.2 Å². The van der Waals surface area contributed by atoms with Crippen molar-refractivity contribution < 1.29 is 4.79 Å². The number of hydrogen-bond acceptors (Lipinski definition) is 1. The van der Waals surface area contributed by atoms with Gasteiger partial charge in [0.2, 0.25) is 6.29 Å². The minimum Gasteiger partial charge on any atom is -0.290 e. The smallest absolute Gasteiger partial charge is 0.209 e. The predicted molar refractivity (Wildman–Crippen MR) is 27.6 cm³/mol. The van der Waals surface area contributed by atoms with E-state index in [0.29, 0.717) is 0 Å². The largest absolute Gasteiger partial charge is 0.290 e. The van der Waals surface area contributed by atoms with E-state index >= 15 is 0 Å². The quantitative estimate of drug-likeness (QED) is 0.445. The molecule has 0 saturated carbocycles. The van der Waals surface area contributed by atoms with Gasteiger partial charge in [-0.2, -0.15) is 0 Å². The fraction of sp³-hybridized carbons (Fsp3) is 0.500. The fourth-order valence-corrected chi connectivity index (χ4v) is 0.547. The molecule has 0 saturated heterocycles. The molecule has 0 bridgehead atoms. The molecule has 7 heavy (non-hydrogen) atoms. The van der Waals surface area contributed by atoms with Gasteiger partial charge in [0.1, 0.15) is 0 Å². The molecule has 1 nitrogen and oxygen atoms in total. The van der Waals surface area contributed by atoms with E-state index in [9.17, 15) is 4.79 Å². The monoisotopic (exact) mass is 95.0 g/mol. The Kier molecular flexibility index (Phi) is 0.775. The highest BCUT2D eigenvalue weighted by atomic mass is 16.1. The van der Waals surface area contributed by atoms with E-state index in [0.717, 1.165) is 6.42 Å². The van der Waals surface area contributed by atoms with Gasteiger partial charge < -0.3 is 0 Å². The Morgan fingerprint density at radius 1 is 1.86 bits per heavy atom. The first-order chi connectivity index (χ1) is 3.27. The van der Waals surface area contributed by atoms with Gasteiger partial charge in [-0.15, -0.1) is 0 Å². The first-order valence-electron chi connectivity index (χ1n) is 2.34. The summed E-state index contributed by atoms with van der Waals surface area (Å²) >= 11 is 0. The van der Waals surface area contributed by atoms with Crippen molar-refractivity contribution in [1.29, 1.82) is 0 Å². The first-order valence-corrected chi connectivity index (χ1v) is 2.34. The van der Waals surface area contributed by atoms with Crippen LogP contribution in [0.5, 0.6) is 0 Å². The Balaban J connectivity index is 2.64. The molecule has 1 aliphatic carbocycles. The molecule has 0 spiro atoms. The molecule has 1 aliphatic rings. The van der Waals surface area contributed by atoms with Crippen LogP contribution in [0.2, 0.25) is 0 Å². The summed E-state index contributed by atoms with van der Waals surface area (Å²) in [6, 6.07) is 0. The summed E-state index contributed by atoms with van der Waals surface area (Å²) in [6.45, 7) is 1.88. The molecule has 0 amide bonds. The first kappa shape index (κ1) is 4.57. The topological polar surface area (TPSA) is 17.1 Å². The lowest BCUT2D eigenvalue weighted by Gasteiger charge is -2.22. The Morgan fingerprint density at radius 3 is 2.43 bits per heavy atom. The van der Waals surface area contributed by atoms with Crippen molar-refractivity contribution in [2.75, 3.05) is 0 Å². The predicted octanol–water partition coefficient (Wildman–Crippen LogP) is 1.06. The summed E-state index contributed by atoms with van der Waals surface area (Å²) in [6.07, 6.45) is 6.66. The Bertz CT molecular complexity index is 115. The normalized spacial score (nSPS) is 37.3. The molecule has 0 aliphatic heterocycles. The summed E-state index contributed by atoms with van der Waals surface area (Å²) in [7, 11) is 0. The van der Waals surface area contributed by atoms with Crippen molar-refractivity contribution in [3.63, 3.8) is 0 Å². The second-order valence-electron chi connectivity index (χ2n) is 2.13. The molecule has 1 heteroatoms. The number of hydrogen-bond donors (Lipinski definition) is 0. The lowest BCUT2D eigenvalue weighted by molar-refractivity contribution is 0.466. The summed E-state index contributed by atoms with van der Waals surface area (Å²) < 4.78 is 0. The molecule has 1 radical (unpaired) electrons. The van der Waals surface area contributed by atoms with E-state index in [4.69, 9.17) is 0 Å². The maximum atomic E-state index is 9.93. The third-order valence-electron chi connectivity index (χ3n) is 1.26. The highest BCUT2D eigenvalue weighted by Crippen LogP contribution is 2.28. The summed E-state index contributed by atoms with van der Waals surface area (Å²) in [4.78, 5) is 9.93. The second-order valence-corrected chi connectivity index (χ2v) is 2.13. The molecular weight excluding hydrogens is 88.1 g/mol. The van der Waals surface area contributed by atoms with Gasteiger partial charge in [0, 0.05) is 0 Å². The van der Waals surface area contributed by atoms with Crippen LogP contribution in [0.1, 0.15) is 13.3 Å². The van der Waals surface area contributed by atoms with Crippen molar-refractivity contribution >= 4 is 6.29 Å². The zero-order valence-corrected chi connectivity index (χ0v) is 4.27. The van der Waals surface area contributed by atoms with Crippen LogP contribution in [0.25, 0.3) is 0 Å². The molecule has 1 unspecified atom stereocenters. The Morgan fingerprint density at radius 2 is 2.43 bits per heavy atom. The van der Waals surface area contributed by atoms with Gasteiger partial charge in [-0.1, -0.05) is 12.2 Å². The van der Waals surface area contributed by atoms with E-state index in [-0.39, 0.29) is 5.41 Å². The lowest BCUT2D eigenvalue weighted by atomic mass is 9.80. The van der Waals surface area contributed by atoms with Crippen LogP contribution >= 0.6 is 0 Å². The van der Waals surface area contributed by atoms with Crippen LogP contribution in [0.15, 0.2) is 12.2 Å². The van der Waals surface area contributed by atoms with Crippen molar-refractivity contribution in [1.82, 2.24) is 0 Å². The average Bonchev–Trinajstić information content (AvgIpc) is 1.61. The average molecular weight is 95.1 g/mol. The number of carbonyl (C=O) groups excluding carboxylic acids is 1. The van der Waals surface area contributed by atoms with Crippen LogP contribution in [0, 0.1) is 5.41 Å². The Labute approximate surface area is 43.0 Å². The van der Waals surface area contributed by atoms with Gasteiger partial charge in [-0.05, 0) is 13.3 Å². The molecule has 0 fully saturated rings. The van der Waals surface area contributed by atoms with Gasteiger partial charge in [-0.25, -0.2) is 0 Å². The van der Waals surface area contributed by atoms with Crippen LogP contribution in [0.4, 0.5) is 0 Å². The maximum absolute atomic E-state index is 9.93. The summed E-state index contributed by atoms with van der Waals surface area (Å²) in [5, 5.41) is 0.